The molecule has 0 saturated carbocycles. The van der Waals surface area contributed by atoms with Gasteiger partial charge >= 0.3 is 0 Å². The Morgan fingerprint density at radius 1 is 1.46 bits per heavy atom. The third-order valence-corrected chi connectivity index (χ3v) is 2.94. The van der Waals surface area contributed by atoms with Crippen molar-refractivity contribution in [1.82, 2.24) is 0 Å². The molecule has 0 atom stereocenters. The van der Waals surface area contributed by atoms with Crippen LogP contribution in [0.1, 0.15) is 15.9 Å². The van der Waals surface area contributed by atoms with Crippen molar-refractivity contribution < 1.29 is 4.79 Å². The first-order chi connectivity index (χ1) is 6.07. The second kappa shape index (κ2) is 3.90. The first-order valence-corrected chi connectivity index (χ1v) is 4.84. The van der Waals surface area contributed by atoms with E-state index in [1.54, 1.807) is 12.1 Å². The van der Waals surface area contributed by atoms with Crippen molar-refractivity contribution in [3.8, 4) is 6.07 Å². The maximum Gasteiger partial charge on any atom is 0.251 e. The zero-order valence-corrected chi connectivity index (χ0v) is 9.52. The Morgan fingerprint density at radius 3 is 2.54 bits per heavy atom. The lowest BCUT2D eigenvalue weighted by Gasteiger charge is -2.03. The SMILES string of the molecule is N#Cc1ccc(Br)c(C(N)=O)c1Br. The Bertz CT molecular complexity index is 409. The summed E-state index contributed by atoms with van der Waals surface area (Å²) in [5.41, 5.74) is 5.81. The highest BCUT2D eigenvalue weighted by atomic mass is 79.9. The summed E-state index contributed by atoms with van der Waals surface area (Å²) in [5.74, 6) is -0.573. The maximum atomic E-state index is 11.0. The molecule has 1 rings (SSSR count). The minimum atomic E-state index is -0.573. The van der Waals surface area contributed by atoms with Crippen molar-refractivity contribution in [2.24, 2.45) is 5.73 Å². The van der Waals surface area contributed by atoms with Gasteiger partial charge in [0.15, 0.2) is 0 Å². The number of benzene rings is 1. The van der Waals surface area contributed by atoms with Gasteiger partial charge in [-0.25, -0.2) is 0 Å². The molecule has 0 aliphatic carbocycles. The fourth-order valence-electron chi connectivity index (χ4n) is 0.865. The topological polar surface area (TPSA) is 66.9 Å². The number of primary amides is 1. The first kappa shape index (κ1) is 10.2. The highest BCUT2D eigenvalue weighted by Crippen LogP contribution is 2.27. The van der Waals surface area contributed by atoms with E-state index in [4.69, 9.17) is 11.0 Å². The number of nitrogens with two attached hydrogens (primary N) is 1. The quantitative estimate of drug-likeness (QED) is 0.864. The van der Waals surface area contributed by atoms with Crippen molar-refractivity contribution in [2.45, 2.75) is 0 Å². The summed E-state index contributed by atoms with van der Waals surface area (Å²) >= 11 is 6.31. The molecule has 0 bridgehead atoms. The van der Waals surface area contributed by atoms with Gasteiger partial charge in [-0.05, 0) is 44.0 Å². The number of nitriles is 1. The lowest BCUT2D eigenvalue weighted by molar-refractivity contribution is 0.0999. The molecule has 13 heavy (non-hydrogen) atoms. The number of hydrogen-bond donors (Lipinski definition) is 1. The molecule has 0 aliphatic rings. The highest BCUT2D eigenvalue weighted by Gasteiger charge is 2.13. The van der Waals surface area contributed by atoms with Crippen molar-refractivity contribution in [1.29, 1.82) is 5.26 Å². The van der Waals surface area contributed by atoms with E-state index >= 15 is 0 Å². The van der Waals surface area contributed by atoms with Gasteiger partial charge in [0.05, 0.1) is 11.1 Å². The van der Waals surface area contributed by atoms with Crippen molar-refractivity contribution in [3.05, 3.63) is 32.2 Å². The van der Waals surface area contributed by atoms with Gasteiger partial charge in [-0.15, -0.1) is 0 Å². The zero-order valence-electron chi connectivity index (χ0n) is 6.34. The molecule has 1 aromatic carbocycles. The van der Waals surface area contributed by atoms with Crippen molar-refractivity contribution >= 4 is 37.8 Å². The Kier molecular flexibility index (Phi) is 3.07. The molecule has 1 aromatic rings. The van der Waals surface area contributed by atoms with Gasteiger partial charge in [-0.3, -0.25) is 4.79 Å². The minimum Gasteiger partial charge on any atom is -0.366 e. The summed E-state index contributed by atoms with van der Waals surface area (Å²) in [5, 5.41) is 8.67. The fourth-order valence-corrected chi connectivity index (χ4v) is 2.29. The molecule has 0 unspecified atom stereocenters. The largest absolute Gasteiger partial charge is 0.366 e. The molecule has 0 radical (unpaired) electrons. The standard InChI is InChI=1S/C8H4Br2N2O/c9-5-2-1-4(3-11)7(10)6(5)8(12)13/h1-2H,(H2,12,13). The predicted molar refractivity (Wildman–Crippen MR) is 55.1 cm³/mol. The normalized spacial score (nSPS) is 9.31. The van der Waals surface area contributed by atoms with Crippen LogP contribution < -0.4 is 5.73 Å². The van der Waals surface area contributed by atoms with Crippen LogP contribution in [0, 0.1) is 11.3 Å². The second-order valence-corrected chi connectivity index (χ2v) is 3.91. The number of nitrogens with zero attached hydrogens (tertiary/aromatic N) is 1. The highest BCUT2D eigenvalue weighted by molar-refractivity contribution is 9.11. The molecular weight excluding hydrogens is 300 g/mol. The Labute approximate surface area is 91.8 Å². The first-order valence-electron chi connectivity index (χ1n) is 3.26. The van der Waals surface area contributed by atoms with Crippen LogP contribution in [0.25, 0.3) is 0 Å². The summed E-state index contributed by atoms with van der Waals surface area (Å²) in [6.45, 7) is 0. The molecule has 0 saturated heterocycles. The number of carbonyl (C=O) groups excluding carboxylic acids is 1. The van der Waals surface area contributed by atoms with Gasteiger partial charge in [0.25, 0.3) is 5.91 Å². The predicted octanol–water partition coefficient (Wildman–Crippen LogP) is 2.18. The van der Waals surface area contributed by atoms with E-state index < -0.39 is 5.91 Å². The number of rotatable bonds is 1. The lowest BCUT2D eigenvalue weighted by atomic mass is 10.1. The molecule has 2 N–H and O–H groups in total. The van der Waals surface area contributed by atoms with E-state index in [9.17, 15) is 4.79 Å². The Hall–Kier alpha value is -0.860. The van der Waals surface area contributed by atoms with Crippen LogP contribution in [0.2, 0.25) is 0 Å². The Balaban J connectivity index is 3.50. The van der Waals surface area contributed by atoms with Crippen LogP contribution in [-0.4, -0.2) is 5.91 Å². The summed E-state index contributed by atoms with van der Waals surface area (Å²) in [4.78, 5) is 11.0. The molecule has 5 heteroatoms. The van der Waals surface area contributed by atoms with Gasteiger partial charge in [0.2, 0.25) is 0 Å². The molecule has 3 nitrogen and oxygen atoms in total. The molecular formula is C8H4Br2N2O. The van der Waals surface area contributed by atoms with Crippen molar-refractivity contribution in [2.75, 3.05) is 0 Å². The Morgan fingerprint density at radius 2 is 2.08 bits per heavy atom. The number of hydrogen-bond acceptors (Lipinski definition) is 2. The lowest BCUT2D eigenvalue weighted by Crippen LogP contribution is -2.13. The second-order valence-electron chi connectivity index (χ2n) is 2.26. The third-order valence-electron chi connectivity index (χ3n) is 1.46. The van der Waals surface area contributed by atoms with E-state index in [-0.39, 0.29) is 0 Å². The van der Waals surface area contributed by atoms with Gasteiger partial charge in [-0.1, -0.05) is 0 Å². The van der Waals surface area contributed by atoms with E-state index in [0.29, 0.717) is 20.1 Å². The van der Waals surface area contributed by atoms with E-state index in [0.717, 1.165) is 0 Å². The van der Waals surface area contributed by atoms with E-state index in [1.807, 2.05) is 6.07 Å². The van der Waals surface area contributed by atoms with Crippen LogP contribution >= 0.6 is 31.9 Å². The smallest absolute Gasteiger partial charge is 0.251 e. The molecule has 0 aromatic heterocycles. The van der Waals surface area contributed by atoms with E-state index in [2.05, 4.69) is 31.9 Å². The summed E-state index contributed by atoms with van der Waals surface area (Å²) < 4.78 is 1.00. The van der Waals surface area contributed by atoms with Gasteiger partial charge in [-0.2, -0.15) is 5.26 Å². The number of carbonyl (C=O) groups is 1. The van der Waals surface area contributed by atoms with E-state index in [1.165, 1.54) is 0 Å². The van der Waals surface area contributed by atoms with Crippen LogP contribution in [0.4, 0.5) is 0 Å². The molecule has 66 valence electrons. The summed E-state index contributed by atoms with van der Waals surface area (Å²) in [7, 11) is 0. The van der Waals surface area contributed by atoms with Crippen LogP contribution in [-0.2, 0) is 0 Å². The van der Waals surface area contributed by atoms with Crippen LogP contribution in [0.5, 0.6) is 0 Å². The van der Waals surface area contributed by atoms with Gasteiger partial charge in [0.1, 0.15) is 6.07 Å². The molecule has 0 heterocycles. The van der Waals surface area contributed by atoms with Gasteiger partial charge in [0, 0.05) is 8.95 Å². The third kappa shape index (κ3) is 1.90. The molecule has 0 fully saturated rings. The minimum absolute atomic E-state index is 0.291. The number of amides is 1. The maximum absolute atomic E-state index is 11.0. The molecule has 0 spiro atoms. The monoisotopic (exact) mass is 302 g/mol. The average Bonchev–Trinajstić information content (AvgIpc) is 2.04. The van der Waals surface area contributed by atoms with Crippen molar-refractivity contribution in [3.63, 3.8) is 0 Å². The number of halogens is 2. The van der Waals surface area contributed by atoms with Crippen LogP contribution in [0.3, 0.4) is 0 Å². The summed E-state index contributed by atoms with van der Waals surface area (Å²) in [6, 6.07) is 5.15. The zero-order chi connectivity index (χ0) is 10.0. The summed E-state index contributed by atoms with van der Waals surface area (Å²) in [6.07, 6.45) is 0. The average molecular weight is 304 g/mol. The molecule has 0 aliphatic heterocycles. The fraction of sp³-hybridized carbons (Fsp3) is 0. The molecule has 1 amide bonds. The van der Waals surface area contributed by atoms with Gasteiger partial charge < -0.3 is 5.73 Å². The van der Waals surface area contributed by atoms with Crippen LogP contribution in [0.15, 0.2) is 21.1 Å².